The molecule has 1 aliphatic heterocycles. The minimum absolute atomic E-state index is 0.415. The number of nitrogens with two attached hydrogens (primary N) is 1. The van der Waals surface area contributed by atoms with Crippen LogP contribution in [-0.2, 0) is 19.3 Å². The molecule has 5 heteroatoms. The lowest BCUT2D eigenvalue weighted by molar-refractivity contribution is 0.138. The van der Waals surface area contributed by atoms with Gasteiger partial charge in [-0.05, 0) is 55.2 Å². The van der Waals surface area contributed by atoms with E-state index in [1.54, 1.807) is 0 Å². The average Bonchev–Trinajstić information content (AvgIpc) is 2.85. The van der Waals surface area contributed by atoms with Crippen LogP contribution in [0.5, 0.6) is 0 Å². The Morgan fingerprint density at radius 1 is 1.06 bits per heavy atom. The molecule has 1 saturated carbocycles. The van der Waals surface area contributed by atoms with E-state index in [0.29, 0.717) is 29.0 Å². The predicted molar refractivity (Wildman–Crippen MR) is 138 cm³/mol. The van der Waals surface area contributed by atoms with Crippen molar-refractivity contribution in [3.8, 4) is 6.07 Å². The Kier molecular flexibility index (Phi) is 6.51. The number of hydrogen-bond donors (Lipinski definition) is 1. The molecule has 5 nitrogen and oxygen atoms in total. The number of nitriles is 1. The summed E-state index contributed by atoms with van der Waals surface area (Å²) < 4.78 is 0. The number of nitrogens with zero attached hydrogens (tertiary/aromatic N) is 4. The lowest BCUT2D eigenvalue weighted by Crippen LogP contribution is -2.57. The van der Waals surface area contributed by atoms with Crippen molar-refractivity contribution >= 4 is 11.5 Å². The van der Waals surface area contributed by atoms with E-state index in [4.69, 9.17) is 15.7 Å². The molecule has 2 heterocycles. The summed E-state index contributed by atoms with van der Waals surface area (Å²) in [5.74, 6) is 2.51. The number of nitrogen functional groups attached to an aromatic ring is 1. The molecule has 3 aliphatic rings. The first-order valence-electron chi connectivity index (χ1n) is 13.5. The highest BCUT2D eigenvalue weighted by Gasteiger charge is 2.44. The lowest BCUT2D eigenvalue weighted by Gasteiger charge is -2.53. The molecule has 1 aromatic heterocycles. The minimum atomic E-state index is 0.415. The normalized spacial score (nSPS) is 22.1. The largest absolute Gasteiger partial charge is 0.398 e. The average molecular weight is 458 g/mol. The molecule has 0 amide bonds. The molecule has 2 fully saturated rings. The number of aromatic nitrogens is 2. The Labute approximate surface area is 204 Å². The summed E-state index contributed by atoms with van der Waals surface area (Å²) in [5, 5.41) is 10.0. The van der Waals surface area contributed by atoms with E-state index in [-0.39, 0.29) is 0 Å². The molecule has 2 N–H and O–H groups in total. The van der Waals surface area contributed by atoms with Crippen molar-refractivity contribution in [1.29, 1.82) is 5.26 Å². The zero-order chi connectivity index (χ0) is 23.7. The first kappa shape index (κ1) is 23.1. The van der Waals surface area contributed by atoms with Gasteiger partial charge in [-0.25, -0.2) is 9.97 Å². The van der Waals surface area contributed by atoms with Gasteiger partial charge in [0.1, 0.15) is 17.7 Å². The van der Waals surface area contributed by atoms with Gasteiger partial charge in [-0.3, -0.25) is 0 Å². The quantitative estimate of drug-likeness (QED) is 0.553. The van der Waals surface area contributed by atoms with Gasteiger partial charge in [0.2, 0.25) is 0 Å². The van der Waals surface area contributed by atoms with Crippen molar-refractivity contribution in [1.82, 2.24) is 9.97 Å². The van der Waals surface area contributed by atoms with Crippen molar-refractivity contribution in [2.45, 2.75) is 96.8 Å². The molecule has 2 aliphatic carbocycles. The second kappa shape index (κ2) is 9.56. The molecule has 180 valence electrons. The molecular weight excluding hydrogens is 418 g/mol. The topological polar surface area (TPSA) is 78.8 Å². The molecule has 1 atom stereocenters. The monoisotopic (exact) mass is 457 g/mol. The van der Waals surface area contributed by atoms with Crippen molar-refractivity contribution in [3.63, 3.8) is 0 Å². The molecule has 0 bridgehead atoms. The molecule has 1 saturated heterocycles. The van der Waals surface area contributed by atoms with E-state index in [9.17, 15) is 5.26 Å². The van der Waals surface area contributed by atoms with Crippen LogP contribution in [0, 0.1) is 16.7 Å². The maximum Gasteiger partial charge on any atom is 0.135 e. The van der Waals surface area contributed by atoms with E-state index in [1.807, 2.05) is 6.07 Å². The van der Waals surface area contributed by atoms with Crippen LogP contribution in [0.2, 0.25) is 0 Å². The minimum Gasteiger partial charge on any atom is -0.398 e. The fraction of sp³-hybridized carbons (Fsp3) is 0.621. The van der Waals surface area contributed by atoms with E-state index < -0.39 is 0 Å². The van der Waals surface area contributed by atoms with Crippen molar-refractivity contribution in [2.75, 3.05) is 23.7 Å². The Balaban J connectivity index is 1.58. The number of fused-ring (bicyclic) bond motifs is 2. The van der Waals surface area contributed by atoms with Crippen LogP contribution < -0.4 is 10.6 Å². The van der Waals surface area contributed by atoms with Crippen LogP contribution in [-0.4, -0.2) is 23.1 Å². The third-order valence-corrected chi connectivity index (χ3v) is 8.63. The predicted octanol–water partition coefficient (Wildman–Crippen LogP) is 6.07. The third kappa shape index (κ3) is 4.28. The van der Waals surface area contributed by atoms with E-state index >= 15 is 0 Å². The second-order valence-corrected chi connectivity index (χ2v) is 11.0. The summed E-state index contributed by atoms with van der Waals surface area (Å²) in [6.07, 6.45) is 14.1. The van der Waals surface area contributed by atoms with Gasteiger partial charge in [-0.15, -0.1) is 0 Å². The van der Waals surface area contributed by atoms with Crippen LogP contribution in [0.25, 0.3) is 0 Å². The standard InChI is InChI=1S/C29H39N5/c1-3-27-32-26-16-23-21(12-13-25(31)24(23)17-30)20(2)10-6-4-7-11-22(26)28(33-27)34-18-29(19-34)14-8-5-9-15-29/h12-13,20H,3-11,14-16,18-19,31H2,1-2H3. The van der Waals surface area contributed by atoms with E-state index in [0.717, 1.165) is 49.4 Å². The summed E-state index contributed by atoms with van der Waals surface area (Å²) in [4.78, 5) is 12.7. The Hall–Kier alpha value is -2.61. The van der Waals surface area contributed by atoms with Gasteiger partial charge < -0.3 is 10.6 Å². The second-order valence-electron chi connectivity index (χ2n) is 11.0. The fourth-order valence-corrected chi connectivity index (χ4v) is 6.64. The van der Waals surface area contributed by atoms with Gasteiger partial charge in [0, 0.05) is 42.6 Å². The lowest BCUT2D eigenvalue weighted by atomic mass is 9.68. The molecule has 2 aromatic rings. The SMILES string of the molecule is CCc1nc2c(c(N3CC4(CCCCC4)C3)n1)CCCCCC(C)c1ccc(N)c(C#N)c1C2. The van der Waals surface area contributed by atoms with Gasteiger partial charge in [0.15, 0.2) is 0 Å². The molecule has 5 rings (SSSR count). The van der Waals surface area contributed by atoms with Crippen LogP contribution in [0.3, 0.4) is 0 Å². The maximum absolute atomic E-state index is 10.0. The highest BCUT2D eigenvalue weighted by atomic mass is 15.3. The zero-order valence-electron chi connectivity index (χ0n) is 21.0. The Morgan fingerprint density at radius 2 is 1.82 bits per heavy atom. The summed E-state index contributed by atoms with van der Waals surface area (Å²) in [6, 6.07) is 6.49. The summed E-state index contributed by atoms with van der Waals surface area (Å²) >= 11 is 0. The first-order valence-corrected chi connectivity index (χ1v) is 13.5. The molecular formula is C29H39N5. The van der Waals surface area contributed by atoms with Gasteiger partial charge in [0.25, 0.3) is 0 Å². The molecule has 1 unspecified atom stereocenters. The van der Waals surface area contributed by atoms with Crippen LogP contribution in [0.15, 0.2) is 12.1 Å². The molecule has 34 heavy (non-hydrogen) atoms. The van der Waals surface area contributed by atoms with Crippen molar-refractivity contribution < 1.29 is 0 Å². The molecule has 1 aromatic carbocycles. The molecule has 1 spiro atoms. The zero-order valence-corrected chi connectivity index (χ0v) is 21.0. The van der Waals surface area contributed by atoms with Crippen molar-refractivity contribution in [2.24, 2.45) is 5.41 Å². The maximum atomic E-state index is 10.0. The third-order valence-electron chi connectivity index (χ3n) is 8.63. The van der Waals surface area contributed by atoms with Crippen LogP contribution >= 0.6 is 0 Å². The number of hydrogen-bond acceptors (Lipinski definition) is 5. The number of aryl methyl sites for hydroxylation is 1. The van der Waals surface area contributed by atoms with E-state index in [2.05, 4.69) is 30.9 Å². The molecule has 0 radical (unpaired) electrons. The fourth-order valence-electron chi connectivity index (χ4n) is 6.64. The van der Waals surface area contributed by atoms with Crippen molar-refractivity contribution in [3.05, 3.63) is 45.9 Å². The summed E-state index contributed by atoms with van der Waals surface area (Å²) in [7, 11) is 0. The summed E-state index contributed by atoms with van der Waals surface area (Å²) in [6.45, 7) is 6.72. The highest BCUT2D eigenvalue weighted by Crippen LogP contribution is 2.46. The van der Waals surface area contributed by atoms with Gasteiger partial charge in [0.05, 0.1) is 11.3 Å². The highest BCUT2D eigenvalue weighted by molar-refractivity contribution is 5.62. The summed E-state index contributed by atoms with van der Waals surface area (Å²) in [5.41, 5.74) is 12.8. The first-order chi connectivity index (χ1) is 16.5. The van der Waals surface area contributed by atoms with Crippen LogP contribution in [0.1, 0.15) is 111 Å². The van der Waals surface area contributed by atoms with Gasteiger partial charge in [-0.2, -0.15) is 5.26 Å². The Bertz CT molecular complexity index is 1080. The smallest absolute Gasteiger partial charge is 0.135 e. The number of anilines is 2. The van der Waals surface area contributed by atoms with E-state index in [1.165, 1.54) is 68.3 Å². The number of rotatable bonds is 2. The van der Waals surface area contributed by atoms with Gasteiger partial charge >= 0.3 is 0 Å². The van der Waals surface area contributed by atoms with Crippen LogP contribution in [0.4, 0.5) is 11.5 Å². The number of benzene rings is 1. The Morgan fingerprint density at radius 3 is 2.56 bits per heavy atom. The van der Waals surface area contributed by atoms with Gasteiger partial charge in [-0.1, -0.05) is 52.0 Å².